The van der Waals surface area contributed by atoms with E-state index in [2.05, 4.69) is 19.9 Å². The predicted octanol–water partition coefficient (Wildman–Crippen LogP) is 5.23. The maximum atomic E-state index is 11.6. The first-order valence-electron chi connectivity index (χ1n) is 8.19. The highest BCUT2D eigenvalue weighted by atomic mass is 35.5. The van der Waals surface area contributed by atoms with Crippen LogP contribution in [0.1, 0.15) is 12.7 Å². The van der Waals surface area contributed by atoms with Gasteiger partial charge in [0.1, 0.15) is 11.6 Å². The quantitative estimate of drug-likeness (QED) is 0.353. The van der Waals surface area contributed by atoms with E-state index >= 15 is 0 Å². The average Bonchev–Trinajstić information content (AvgIpc) is 3.31. The Morgan fingerprint density at radius 3 is 2.81 bits per heavy atom. The van der Waals surface area contributed by atoms with Crippen LogP contribution in [0.4, 0.5) is 5.69 Å². The van der Waals surface area contributed by atoms with Crippen molar-refractivity contribution in [3.8, 4) is 11.4 Å². The molecule has 0 aliphatic carbocycles. The highest BCUT2D eigenvalue weighted by molar-refractivity contribution is 7.99. The van der Waals surface area contributed by atoms with Gasteiger partial charge in [-0.1, -0.05) is 30.3 Å². The number of hydrogen-bond acceptors (Lipinski definition) is 5. The molecule has 2 aromatic carbocycles. The van der Waals surface area contributed by atoms with Crippen LogP contribution in [-0.4, -0.2) is 24.9 Å². The Labute approximate surface area is 163 Å². The number of nitro groups is 1. The van der Waals surface area contributed by atoms with Crippen molar-refractivity contribution in [1.29, 1.82) is 0 Å². The van der Waals surface area contributed by atoms with Crippen molar-refractivity contribution in [2.75, 3.05) is 0 Å². The fourth-order valence-corrected chi connectivity index (χ4v) is 3.96. The molecule has 27 heavy (non-hydrogen) atoms. The average molecular weight is 400 g/mol. The molecule has 0 unspecified atom stereocenters. The third-order valence-electron chi connectivity index (χ3n) is 4.07. The summed E-state index contributed by atoms with van der Waals surface area (Å²) < 4.78 is 0. The molecule has 4 aromatic rings. The third-order valence-corrected chi connectivity index (χ3v) is 5.61. The summed E-state index contributed by atoms with van der Waals surface area (Å²) in [5, 5.41) is 12.1. The van der Waals surface area contributed by atoms with Crippen LogP contribution >= 0.6 is 23.4 Å². The predicted molar refractivity (Wildman–Crippen MR) is 105 cm³/mol. The SMILES string of the molecule is CCc1nc2cc(Sc3ccc(-c4ncc[nH]4)cc3[N+](=O)[O-])c(Cl)cc2[nH]1. The minimum absolute atomic E-state index is 0.00124. The number of halogens is 1. The number of fused-ring (bicyclic) bond motifs is 1. The standard InChI is InChI=1S/C18H14ClN5O2S/c1-2-17-22-12-8-11(19)16(9-13(12)23-17)27-15-4-3-10(7-14(15)24(25)26)18-20-5-6-21-18/h3-9H,2H2,1H3,(H,20,21)(H,22,23). The second kappa shape index (κ2) is 7.05. The Morgan fingerprint density at radius 2 is 2.11 bits per heavy atom. The maximum Gasteiger partial charge on any atom is 0.283 e. The van der Waals surface area contributed by atoms with Gasteiger partial charge in [-0.25, -0.2) is 9.97 Å². The molecule has 0 atom stereocenters. The van der Waals surface area contributed by atoms with Crippen molar-refractivity contribution in [1.82, 2.24) is 19.9 Å². The molecule has 136 valence electrons. The van der Waals surface area contributed by atoms with Crippen LogP contribution in [0.5, 0.6) is 0 Å². The largest absolute Gasteiger partial charge is 0.345 e. The topological polar surface area (TPSA) is 100 Å². The lowest BCUT2D eigenvalue weighted by Gasteiger charge is -2.07. The molecule has 0 aliphatic rings. The number of benzene rings is 2. The second-order valence-electron chi connectivity index (χ2n) is 5.82. The summed E-state index contributed by atoms with van der Waals surface area (Å²) in [6.45, 7) is 2.01. The van der Waals surface area contributed by atoms with E-state index in [4.69, 9.17) is 11.6 Å². The summed E-state index contributed by atoms with van der Waals surface area (Å²) in [5.74, 6) is 1.45. The van der Waals surface area contributed by atoms with Crippen LogP contribution in [0, 0.1) is 10.1 Å². The number of aromatic amines is 2. The smallest absolute Gasteiger partial charge is 0.283 e. The van der Waals surface area contributed by atoms with Gasteiger partial charge in [0.15, 0.2) is 0 Å². The molecule has 7 nitrogen and oxygen atoms in total. The van der Waals surface area contributed by atoms with Crippen LogP contribution in [0.15, 0.2) is 52.5 Å². The maximum absolute atomic E-state index is 11.6. The van der Waals surface area contributed by atoms with Gasteiger partial charge >= 0.3 is 0 Å². The van der Waals surface area contributed by atoms with Crippen molar-refractivity contribution >= 4 is 40.1 Å². The van der Waals surface area contributed by atoms with Gasteiger partial charge in [-0.15, -0.1) is 0 Å². The van der Waals surface area contributed by atoms with Gasteiger partial charge < -0.3 is 9.97 Å². The first-order chi connectivity index (χ1) is 13.0. The normalized spacial score (nSPS) is 11.2. The summed E-state index contributed by atoms with van der Waals surface area (Å²) in [4.78, 5) is 27.2. The van der Waals surface area contributed by atoms with E-state index in [-0.39, 0.29) is 5.69 Å². The van der Waals surface area contributed by atoms with E-state index in [0.717, 1.165) is 23.3 Å². The Hall–Kier alpha value is -2.84. The summed E-state index contributed by atoms with van der Waals surface area (Å²) in [7, 11) is 0. The Kier molecular flexibility index (Phi) is 4.59. The number of nitrogens with zero attached hydrogens (tertiary/aromatic N) is 3. The van der Waals surface area contributed by atoms with Crippen LogP contribution in [-0.2, 0) is 6.42 Å². The molecule has 9 heteroatoms. The van der Waals surface area contributed by atoms with Crippen molar-refractivity contribution in [2.45, 2.75) is 23.1 Å². The number of H-pyrrole nitrogens is 2. The first-order valence-corrected chi connectivity index (χ1v) is 9.38. The molecule has 2 N–H and O–H groups in total. The molecule has 2 aromatic heterocycles. The summed E-state index contributed by atoms with van der Waals surface area (Å²) >= 11 is 7.65. The molecule has 0 bridgehead atoms. The minimum atomic E-state index is -0.398. The highest BCUT2D eigenvalue weighted by Crippen LogP contribution is 2.40. The Bertz CT molecular complexity index is 1140. The van der Waals surface area contributed by atoms with E-state index in [0.29, 0.717) is 26.2 Å². The van der Waals surface area contributed by atoms with Crippen molar-refractivity contribution < 1.29 is 4.92 Å². The van der Waals surface area contributed by atoms with Crippen molar-refractivity contribution in [3.05, 3.63) is 63.7 Å². The number of hydrogen-bond donors (Lipinski definition) is 2. The van der Waals surface area contributed by atoms with Crippen LogP contribution < -0.4 is 0 Å². The van der Waals surface area contributed by atoms with E-state index in [9.17, 15) is 10.1 Å². The lowest BCUT2D eigenvalue weighted by Crippen LogP contribution is -1.93. The van der Waals surface area contributed by atoms with E-state index < -0.39 is 4.92 Å². The molecule has 0 saturated carbocycles. The molecule has 0 aliphatic heterocycles. The lowest BCUT2D eigenvalue weighted by molar-refractivity contribution is -0.387. The molecule has 2 heterocycles. The van der Waals surface area contributed by atoms with E-state index in [1.807, 2.05) is 13.0 Å². The van der Waals surface area contributed by atoms with Crippen LogP contribution in [0.25, 0.3) is 22.4 Å². The molecular formula is C18H14ClN5O2S. The number of imidazole rings is 2. The Balaban J connectivity index is 1.74. The molecule has 0 amide bonds. The van der Waals surface area contributed by atoms with Gasteiger partial charge in [-0.3, -0.25) is 10.1 Å². The molecule has 4 rings (SSSR count). The number of nitrogens with one attached hydrogen (secondary N) is 2. The molecule has 0 fully saturated rings. The molecular weight excluding hydrogens is 386 g/mol. The molecule has 0 spiro atoms. The first kappa shape index (κ1) is 17.6. The van der Waals surface area contributed by atoms with Crippen LogP contribution in [0.3, 0.4) is 0 Å². The van der Waals surface area contributed by atoms with E-state index in [1.165, 1.54) is 17.8 Å². The van der Waals surface area contributed by atoms with Crippen molar-refractivity contribution in [2.24, 2.45) is 0 Å². The summed E-state index contributed by atoms with van der Waals surface area (Å²) in [5.41, 5.74) is 2.29. The lowest BCUT2D eigenvalue weighted by atomic mass is 10.2. The number of rotatable bonds is 5. The van der Waals surface area contributed by atoms with Crippen LogP contribution in [0.2, 0.25) is 5.02 Å². The van der Waals surface area contributed by atoms with Gasteiger partial charge in [0.2, 0.25) is 0 Å². The van der Waals surface area contributed by atoms with Crippen molar-refractivity contribution in [3.63, 3.8) is 0 Å². The zero-order chi connectivity index (χ0) is 19.0. The molecule has 0 radical (unpaired) electrons. The zero-order valence-corrected chi connectivity index (χ0v) is 15.8. The zero-order valence-electron chi connectivity index (χ0n) is 14.2. The van der Waals surface area contributed by atoms with Gasteiger partial charge in [-0.2, -0.15) is 0 Å². The van der Waals surface area contributed by atoms with Gasteiger partial charge in [0, 0.05) is 35.3 Å². The second-order valence-corrected chi connectivity index (χ2v) is 7.31. The monoisotopic (exact) mass is 399 g/mol. The Morgan fingerprint density at radius 1 is 1.26 bits per heavy atom. The van der Waals surface area contributed by atoms with Gasteiger partial charge in [0.25, 0.3) is 5.69 Å². The molecule has 0 saturated heterocycles. The highest BCUT2D eigenvalue weighted by Gasteiger charge is 2.19. The fourth-order valence-electron chi connectivity index (χ4n) is 2.75. The number of aryl methyl sites for hydroxylation is 1. The number of nitro benzene ring substituents is 1. The minimum Gasteiger partial charge on any atom is -0.345 e. The van der Waals surface area contributed by atoms with Gasteiger partial charge in [0.05, 0.1) is 25.9 Å². The summed E-state index contributed by atoms with van der Waals surface area (Å²) in [6.07, 6.45) is 4.06. The fraction of sp³-hybridized carbons (Fsp3) is 0.111. The van der Waals surface area contributed by atoms with E-state index in [1.54, 1.807) is 30.6 Å². The summed E-state index contributed by atoms with van der Waals surface area (Å²) in [6, 6.07) is 8.67. The van der Waals surface area contributed by atoms with Gasteiger partial charge in [-0.05, 0) is 24.3 Å². The number of aromatic nitrogens is 4. The third kappa shape index (κ3) is 3.41.